The Morgan fingerprint density at radius 1 is 1.21 bits per heavy atom. The number of alkyl halides is 6. The lowest BCUT2D eigenvalue weighted by atomic mass is 10.0. The van der Waals surface area contributed by atoms with Gasteiger partial charge >= 0.3 is 12.4 Å². The van der Waals surface area contributed by atoms with E-state index in [1.165, 1.54) is 9.80 Å². The van der Waals surface area contributed by atoms with Crippen LogP contribution in [-0.2, 0) is 15.8 Å². The smallest absolute Gasteiger partial charge is 0.339 e. The molecule has 160 valence electrons. The molecule has 1 aromatic heterocycles. The van der Waals surface area contributed by atoms with Gasteiger partial charge in [-0.15, -0.1) is 0 Å². The third-order valence-electron chi connectivity index (χ3n) is 4.82. The summed E-state index contributed by atoms with van der Waals surface area (Å²) < 4.78 is 78.3. The van der Waals surface area contributed by atoms with Gasteiger partial charge in [0.05, 0.1) is 17.8 Å². The van der Waals surface area contributed by atoms with Gasteiger partial charge in [-0.05, 0) is 12.5 Å². The van der Waals surface area contributed by atoms with E-state index < -0.39 is 42.1 Å². The molecule has 0 aliphatic carbocycles. The zero-order valence-electron chi connectivity index (χ0n) is 15.3. The molecule has 29 heavy (non-hydrogen) atoms. The molecule has 3 heterocycles. The molecule has 12 heteroatoms. The number of aromatic nitrogens is 1. The second kappa shape index (κ2) is 7.38. The summed E-state index contributed by atoms with van der Waals surface area (Å²) >= 11 is 0. The Morgan fingerprint density at radius 2 is 1.90 bits per heavy atom. The number of amides is 2. The molecule has 1 saturated heterocycles. The topological polar surface area (TPSA) is 56.8 Å². The predicted octanol–water partition coefficient (Wildman–Crippen LogP) is 2.83. The van der Waals surface area contributed by atoms with E-state index in [2.05, 4.69) is 4.98 Å². The van der Waals surface area contributed by atoms with Crippen molar-refractivity contribution < 1.29 is 35.9 Å². The van der Waals surface area contributed by atoms with Gasteiger partial charge in [0.25, 0.3) is 5.91 Å². The number of pyridine rings is 1. The van der Waals surface area contributed by atoms with Crippen molar-refractivity contribution in [1.29, 1.82) is 0 Å². The molecule has 0 N–H and O–H groups in total. The lowest BCUT2D eigenvalue weighted by Gasteiger charge is -2.47. The van der Waals surface area contributed by atoms with Crippen molar-refractivity contribution in [3.05, 3.63) is 17.8 Å². The number of halogens is 6. The third-order valence-corrected chi connectivity index (χ3v) is 4.82. The zero-order chi connectivity index (χ0) is 21.6. The number of carbonyl (C=O) groups is 2. The van der Waals surface area contributed by atoms with E-state index >= 15 is 0 Å². The van der Waals surface area contributed by atoms with Crippen molar-refractivity contribution in [3.8, 4) is 0 Å². The number of anilines is 2. The van der Waals surface area contributed by atoms with Crippen LogP contribution in [-0.4, -0.2) is 60.1 Å². The molecular weight excluding hydrogens is 406 g/mol. The van der Waals surface area contributed by atoms with Gasteiger partial charge in [-0.1, -0.05) is 6.92 Å². The maximum absolute atomic E-state index is 13.1. The van der Waals surface area contributed by atoms with Crippen LogP contribution in [0, 0.1) is 0 Å². The minimum absolute atomic E-state index is 0.0804. The predicted molar refractivity (Wildman–Crippen MR) is 90.3 cm³/mol. The van der Waals surface area contributed by atoms with Gasteiger partial charge < -0.3 is 9.80 Å². The van der Waals surface area contributed by atoms with Gasteiger partial charge in [0.2, 0.25) is 5.91 Å². The fourth-order valence-electron chi connectivity index (χ4n) is 3.51. The lowest BCUT2D eigenvalue weighted by Crippen LogP contribution is -2.64. The molecule has 3 rings (SSSR count). The molecule has 0 aromatic carbocycles. The second-order valence-electron chi connectivity index (χ2n) is 6.90. The van der Waals surface area contributed by atoms with E-state index in [1.807, 2.05) is 0 Å². The van der Waals surface area contributed by atoms with Crippen LogP contribution >= 0.6 is 0 Å². The average Bonchev–Trinajstić information content (AvgIpc) is 2.63. The van der Waals surface area contributed by atoms with E-state index in [0.29, 0.717) is 18.7 Å². The molecule has 2 aliphatic heterocycles. The van der Waals surface area contributed by atoms with E-state index in [-0.39, 0.29) is 42.7 Å². The van der Waals surface area contributed by atoms with E-state index in [4.69, 9.17) is 0 Å². The number of piperazine rings is 1. The van der Waals surface area contributed by atoms with Crippen LogP contribution in [0.25, 0.3) is 0 Å². The molecule has 0 bridgehead atoms. The standard InChI is InChI=1S/C17H18F6N4O2/c1-2-3-13(28)25-4-5-26-12(8-25)15(29)27(9-16(18,19)20)11-6-10(17(21,22)23)7-24-14(11)26/h6-7,12H,2-5,8-9H2,1H3/t12-/m1/s1. The Hall–Kier alpha value is -2.53. The van der Waals surface area contributed by atoms with Crippen LogP contribution in [0.3, 0.4) is 0 Å². The molecule has 1 atom stereocenters. The van der Waals surface area contributed by atoms with Crippen molar-refractivity contribution in [2.75, 3.05) is 36.0 Å². The molecule has 0 unspecified atom stereocenters. The molecule has 0 spiro atoms. The van der Waals surface area contributed by atoms with Crippen LogP contribution in [0.2, 0.25) is 0 Å². The van der Waals surface area contributed by atoms with Crippen molar-refractivity contribution in [3.63, 3.8) is 0 Å². The Labute approximate surface area is 162 Å². The number of fused-ring (bicyclic) bond motifs is 3. The molecule has 1 aromatic rings. The fourth-order valence-corrected chi connectivity index (χ4v) is 3.51. The number of carbonyl (C=O) groups excluding carboxylic acids is 2. The fraction of sp³-hybridized carbons (Fsp3) is 0.588. The van der Waals surface area contributed by atoms with Gasteiger partial charge in [-0.25, -0.2) is 4.98 Å². The highest BCUT2D eigenvalue weighted by Crippen LogP contribution is 2.41. The first-order chi connectivity index (χ1) is 13.4. The maximum atomic E-state index is 13.1. The maximum Gasteiger partial charge on any atom is 0.417 e. The summed E-state index contributed by atoms with van der Waals surface area (Å²) in [6.07, 6.45) is -8.31. The van der Waals surface area contributed by atoms with Crippen molar-refractivity contribution in [2.45, 2.75) is 38.2 Å². The SMILES string of the molecule is CCCC(=O)N1CCN2c3ncc(C(F)(F)F)cc3N(CC(F)(F)F)C(=O)[C@H]2C1. The minimum atomic E-state index is -4.82. The highest BCUT2D eigenvalue weighted by Gasteiger charge is 2.47. The number of hydrogen-bond donors (Lipinski definition) is 0. The molecule has 1 fully saturated rings. The first-order valence-electron chi connectivity index (χ1n) is 8.92. The third kappa shape index (κ3) is 4.25. The van der Waals surface area contributed by atoms with Crippen LogP contribution in [0.4, 0.5) is 37.8 Å². The van der Waals surface area contributed by atoms with E-state index in [0.717, 1.165) is 0 Å². The van der Waals surface area contributed by atoms with Crippen LogP contribution in [0.1, 0.15) is 25.3 Å². The van der Waals surface area contributed by atoms with Gasteiger partial charge in [0.15, 0.2) is 5.82 Å². The van der Waals surface area contributed by atoms with E-state index in [1.54, 1.807) is 6.92 Å². The first kappa shape index (κ1) is 21.2. The number of rotatable bonds is 3. The molecule has 6 nitrogen and oxygen atoms in total. The summed E-state index contributed by atoms with van der Waals surface area (Å²) in [6.45, 7) is 0.188. The highest BCUT2D eigenvalue weighted by molar-refractivity contribution is 6.05. The number of hydrogen-bond acceptors (Lipinski definition) is 4. The van der Waals surface area contributed by atoms with Gasteiger partial charge in [-0.3, -0.25) is 14.5 Å². The normalized spacial score (nSPS) is 19.9. The highest BCUT2D eigenvalue weighted by atomic mass is 19.4. The Bertz CT molecular complexity index is 810. The van der Waals surface area contributed by atoms with Gasteiger partial charge in [0.1, 0.15) is 12.6 Å². The zero-order valence-corrected chi connectivity index (χ0v) is 15.3. The Balaban J connectivity index is 2.02. The summed E-state index contributed by atoms with van der Waals surface area (Å²) in [5.41, 5.74) is -1.78. The van der Waals surface area contributed by atoms with Crippen molar-refractivity contribution in [2.24, 2.45) is 0 Å². The summed E-state index contributed by atoms with van der Waals surface area (Å²) in [6, 6.07) is -0.625. The van der Waals surface area contributed by atoms with Gasteiger partial charge in [0, 0.05) is 25.7 Å². The second-order valence-corrected chi connectivity index (χ2v) is 6.90. The average molecular weight is 424 g/mol. The summed E-state index contributed by atoms with van der Waals surface area (Å²) in [5, 5.41) is 0. The van der Waals surface area contributed by atoms with Gasteiger partial charge in [-0.2, -0.15) is 26.3 Å². The molecule has 0 radical (unpaired) electrons. The molecular formula is C17H18F6N4O2. The van der Waals surface area contributed by atoms with Crippen LogP contribution in [0.15, 0.2) is 12.3 Å². The van der Waals surface area contributed by atoms with E-state index in [9.17, 15) is 35.9 Å². The number of nitrogens with zero attached hydrogens (tertiary/aromatic N) is 4. The Kier molecular flexibility index (Phi) is 5.39. The molecule has 2 amide bonds. The summed E-state index contributed by atoms with van der Waals surface area (Å²) in [7, 11) is 0. The first-order valence-corrected chi connectivity index (χ1v) is 8.92. The van der Waals surface area contributed by atoms with Crippen LogP contribution < -0.4 is 9.80 Å². The summed E-state index contributed by atoms with van der Waals surface area (Å²) in [4.78, 5) is 31.8. The van der Waals surface area contributed by atoms with Crippen molar-refractivity contribution >= 4 is 23.3 Å². The summed E-state index contributed by atoms with van der Waals surface area (Å²) in [5.74, 6) is -1.37. The quantitative estimate of drug-likeness (QED) is 0.701. The Morgan fingerprint density at radius 3 is 2.48 bits per heavy atom. The molecule has 2 aliphatic rings. The lowest BCUT2D eigenvalue weighted by molar-refractivity contribution is -0.139. The molecule has 0 saturated carbocycles. The monoisotopic (exact) mass is 424 g/mol. The van der Waals surface area contributed by atoms with Crippen LogP contribution in [0.5, 0.6) is 0 Å². The van der Waals surface area contributed by atoms with Crippen molar-refractivity contribution in [1.82, 2.24) is 9.88 Å². The largest absolute Gasteiger partial charge is 0.417 e. The minimum Gasteiger partial charge on any atom is -0.339 e.